The van der Waals surface area contributed by atoms with E-state index in [0.29, 0.717) is 6.04 Å². The van der Waals surface area contributed by atoms with Gasteiger partial charge in [-0.1, -0.05) is 0 Å². The smallest absolute Gasteiger partial charge is 0.145 e. The molecule has 0 saturated heterocycles. The monoisotopic (exact) mass is 161 g/mol. The molecule has 0 aromatic heterocycles. The summed E-state index contributed by atoms with van der Waals surface area (Å²) in [4.78, 5) is 0. The van der Waals surface area contributed by atoms with Crippen molar-refractivity contribution in [1.82, 2.24) is 5.01 Å². The molecule has 0 amide bonds. The van der Waals surface area contributed by atoms with E-state index in [1.165, 1.54) is 25.7 Å². The minimum absolute atomic E-state index is 0.220. The third kappa shape index (κ3) is 0.726. The highest BCUT2D eigenvalue weighted by molar-refractivity contribution is 6.05. The first kappa shape index (κ1) is 6.47. The van der Waals surface area contributed by atoms with Crippen molar-refractivity contribution in [2.45, 2.75) is 31.7 Å². The molecule has 3 rings (SSSR count). The van der Waals surface area contributed by atoms with Crippen molar-refractivity contribution in [1.29, 1.82) is 5.26 Å². The van der Waals surface area contributed by atoms with Crippen LogP contribution in [-0.2, 0) is 0 Å². The fraction of sp³-hybridized carbons (Fsp3) is 0.778. The van der Waals surface area contributed by atoms with Crippen LogP contribution < -0.4 is 0 Å². The Bertz CT molecular complexity index is 291. The first-order chi connectivity index (χ1) is 5.84. The summed E-state index contributed by atoms with van der Waals surface area (Å²) in [6, 6.07) is 2.91. The minimum atomic E-state index is 0.220. The highest BCUT2D eigenvalue weighted by Gasteiger charge is 2.54. The highest BCUT2D eigenvalue weighted by atomic mass is 15.5. The molecule has 1 heterocycles. The zero-order valence-corrected chi connectivity index (χ0v) is 6.95. The number of nitrogens with zero attached hydrogens (tertiary/aromatic N) is 3. The van der Waals surface area contributed by atoms with Gasteiger partial charge in [-0.05, 0) is 25.7 Å². The van der Waals surface area contributed by atoms with Crippen LogP contribution >= 0.6 is 0 Å². The minimum Gasteiger partial charge on any atom is -0.292 e. The predicted octanol–water partition coefficient (Wildman–Crippen LogP) is 1.12. The van der Waals surface area contributed by atoms with Crippen molar-refractivity contribution in [3.63, 3.8) is 0 Å². The lowest BCUT2D eigenvalue weighted by atomic mass is 10.0. The van der Waals surface area contributed by atoms with Gasteiger partial charge >= 0.3 is 0 Å². The Morgan fingerprint density at radius 1 is 1.50 bits per heavy atom. The lowest BCUT2D eigenvalue weighted by molar-refractivity contribution is 0.280. The summed E-state index contributed by atoms with van der Waals surface area (Å²) in [5.41, 5.74) is 1.02. The van der Waals surface area contributed by atoms with Gasteiger partial charge in [-0.15, -0.1) is 0 Å². The summed E-state index contributed by atoms with van der Waals surface area (Å²) in [6.07, 6.45) is 4.92. The van der Waals surface area contributed by atoms with Gasteiger partial charge < -0.3 is 0 Å². The summed E-state index contributed by atoms with van der Waals surface area (Å²) in [7, 11) is 0. The molecule has 12 heavy (non-hydrogen) atoms. The topological polar surface area (TPSA) is 39.4 Å². The Morgan fingerprint density at radius 3 is 2.67 bits per heavy atom. The van der Waals surface area contributed by atoms with Gasteiger partial charge in [-0.2, -0.15) is 10.4 Å². The van der Waals surface area contributed by atoms with Crippen molar-refractivity contribution in [2.75, 3.05) is 6.54 Å². The Hall–Kier alpha value is -1.04. The lowest BCUT2D eigenvalue weighted by Crippen LogP contribution is -2.22. The van der Waals surface area contributed by atoms with Gasteiger partial charge in [0.05, 0.1) is 0 Å². The average molecular weight is 161 g/mol. The maximum absolute atomic E-state index is 8.85. The van der Waals surface area contributed by atoms with E-state index < -0.39 is 0 Å². The van der Waals surface area contributed by atoms with E-state index in [2.05, 4.69) is 16.2 Å². The van der Waals surface area contributed by atoms with E-state index in [4.69, 9.17) is 5.26 Å². The second-order valence-electron chi connectivity index (χ2n) is 4.17. The summed E-state index contributed by atoms with van der Waals surface area (Å²) in [5.74, 6) is 0. The van der Waals surface area contributed by atoms with E-state index in [-0.39, 0.29) is 5.41 Å². The fourth-order valence-electron chi connectivity index (χ4n) is 1.92. The van der Waals surface area contributed by atoms with Crippen LogP contribution in [0.4, 0.5) is 0 Å². The van der Waals surface area contributed by atoms with Crippen LogP contribution in [0, 0.1) is 16.7 Å². The Kier molecular flexibility index (Phi) is 0.982. The molecule has 2 saturated carbocycles. The largest absolute Gasteiger partial charge is 0.292 e. The van der Waals surface area contributed by atoms with Crippen molar-refractivity contribution >= 4 is 5.71 Å². The molecule has 0 atom stereocenters. The van der Waals surface area contributed by atoms with Crippen molar-refractivity contribution in [2.24, 2.45) is 10.5 Å². The van der Waals surface area contributed by atoms with Crippen LogP contribution in [0.25, 0.3) is 0 Å². The highest BCUT2D eigenvalue weighted by Crippen LogP contribution is 2.52. The molecule has 1 spiro atoms. The van der Waals surface area contributed by atoms with Gasteiger partial charge in [0.15, 0.2) is 0 Å². The molecular weight excluding hydrogens is 150 g/mol. The zero-order valence-electron chi connectivity index (χ0n) is 6.95. The molecule has 0 bridgehead atoms. The molecule has 0 unspecified atom stereocenters. The molecule has 3 nitrogen and oxygen atoms in total. The van der Waals surface area contributed by atoms with Crippen LogP contribution in [-0.4, -0.2) is 23.3 Å². The third-order valence-electron chi connectivity index (χ3n) is 3.12. The quantitative estimate of drug-likeness (QED) is 0.578. The number of rotatable bonds is 1. The van der Waals surface area contributed by atoms with Gasteiger partial charge in [-0.25, -0.2) is 0 Å². The molecule has 0 aromatic rings. The normalized spacial score (nSPS) is 30.2. The van der Waals surface area contributed by atoms with E-state index in [1.807, 2.05) is 0 Å². The molecule has 2 fully saturated rings. The van der Waals surface area contributed by atoms with Crippen LogP contribution in [0.15, 0.2) is 5.10 Å². The Labute approximate surface area is 71.7 Å². The zero-order chi connectivity index (χ0) is 8.18. The van der Waals surface area contributed by atoms with Gasteiger partial charge in [0.25, 0.3) is 0 Å². The maximum Gasteiger partial charge on any atom is 0.145 e. The third-order valence-corrected chi connectivity index (χ3v) is 3.12. The van der Waals surface area contributed by atoms with Gasteiger partial charge in [0.1, 0.15) is 11.8 Å². The van der Waals surface area contributed by atoms with Crippen molar-refractivity contribution in [3.8, 4) is 6.07 Å². The number of hydrogen-bond acceptors (Lipinski definition) is 3. The first-order valence-corrected chi connectivity index (χ1v) is 4.60. The Balaban J connectivity index is 1.87. The first-order valence-electron chi connectivity index (χ1n) is 4.60. The SMILES string of the molecule is N#CC1=NN(C2CC2)CC12CC2. The van der Waals surface area contributed by atoms with Crippen LogP contribution in [0.1, 0.15) is 25.7 Å². The molecule has 0 N–H and O–H groups in total. The van der Waals surface area contributed by atoms with E-state index in [1.54, 1.807) is 0 Å². The summed E-state index contributed by atoms with van der Waals surface area (Å²) in [6.45, 7) is 1.03. The standard InChI is InChI=1S/C9H11N3/c10-5-8-9(3-4-9)6-12(11-8)7-1-2-7/h7H,1-4,6H2. The molecule has 0 radical (unpaired) electrons. The molecule has 3 aliphatic rings. The van der Waals surface area contributed by atoms with E-state index in [9.17, 15) is 0 Å². The van der Waals surface area contributed by atoms with Crippen LogP contribution in [0.2, 0.25) is 0 Å². The van der Waals surface area contributed by atoms with E-state index in [0.717, 1.165) is 12.3 Å². The van der Waals surface area contributed by atoms with Gasteiger partial charge in [-0.3, -0.25) is 5.01 Å². The number of hydrogen-bond donors (Lipinski definition) is 0. The maximum atomic E-state index is 8.85. The summed E-state index contributed by atoms with van der Waals surface area (Å²) in [5, 5.41) is 15.4. The second kappa shape index (κ2) is 1.82. The second-order valence-corrected chi connectivity index (χ2v) is 4.17. The predicted molar refractivity (Wildman–Crippen MR) is 44.4 cm³/mol. The van der Waals surface area contributed by atoms with Crippen LogP contribution in [0.3, 0.4) is 0 Å². The summed E-state index contributed by atoms with van der Waals surface area (Å²) < 4.78 is 0. The lowest BCUT2D eigenvalue weighted by Gasteiger charge is -2.12. The fourth-order valence-corrected chi connectivity index (χ4v) is 1.92. The molecule has 0 aromatic carbocycles. The number of hydrazone groups is 1. The summed E-state index contributed by atoms with van der Waals surface area (Å²) >= 11 is 0. The molecule has 2 aliphatic carbocycles. The van der Waals surface area contributed by atoms with Gasteiger partial charge in [0, 0.05) is 18.0 Å². The van der Waals surface area contributed by atoms with Crippen LogP contribution in [0.5, 0.6) is 0 Å². The van der Waals surface area contributed by atoms with Crippen molar-refractivity contribution in [3.05, 3.63) is 0 Å². The number of nitriles is 1. The molecule has 1 aliphatic heterocycles. The molecule has 3 heteroatoms. The molecular formula is C9H11N3. The Morgan fingerprint density at radius 2 is 2.25 bits per heavy atom. The van der Waals surface area contributed by atoms with Crippen molar-refractivity contribution < 1.29 is 0 Å². The van der Waals surface area contributed by atoms with E-state index >= 15 is 0 Å². The molecule has 62 valence electrons. The average Bonchev–Trinajstić information content (AvgIpc) is 2.88. The van der Waals surface area contributed by atoms with Gasteiger partial charge in [0.2, 0.25) is 0 Å².